The molecule has 0 bridgehead atoms. The monoisotopic (exact) mass is 302 g/mol. The Balaban J connectivity index is 1.88. The van der Waals surface area contributed by atoms with E-state index in [0.29, 0.717) is 6.54 Å². The summed E-state index contributed by atoms with van der Waals surface area (Å²) in [6.45, 7) is 0.377. The highest BCUT2D eigenvalue weighted by Gasteiger charge is 2.15. The zero-order chi connectivity index (χ0) is 14.9. The summed E-state index contributed by atoms with van der Waals surface area (Å²) < 4.78 is 24.8. The summed E-state index contributed by atoms with van der Waals surface area (Å²) in [7, 11) is -3.34. The van der Waals surface area contributed by atoms with Gasteiger partial charge in [0.05, 0.1) is 18.4 Å². The fraction of sp³-hybridized carbons (Fsp3) is 0.143. The summed E-state index contributed by atoms with van der Waals surface area (Å²) >= 11 is 0. The van der Waals surface area contributed by atoms with E-state index in [4.69, 9.17) is 0 Å². The lowest BCUT2D eigenvalue weighted by molar-refractivity contribution is 0.577. The first-order valence-electron chi connectivity index (χ1n) is 6.34. The zero-order valence-electron chi connectivity index (χ0n) is 11.4. The molecule has 0 unspecified atom stereocenters. The maximum Gasteiger partial charge on any atom is 0.227 e. The summed E-state index contributed by atoms with van der Waals surface area (Å²) in [5.41, 5.74) is 1.80. The van der Waals surface area contributed by atoms with Crippen molar-refractivity contribution in [3.63, 3.8) is 0 Å². The third-order valence-corrected chi connectivity index (χ3v) is 4.03. The van der Waals surface area contributed by atoms with Crippen LogP contribution in [0.3, 0.4) is 0 Å². The van der Waals surface area contributed by atoms with Crippen LogP contribution in [0.1, 0.15) is 5.69 Å². The molecule has 0 aliphatic rings. The van der Waals surface area contributed by atoms with Crippen molar-refractivity contribution in [2.45, 2.75) is 11.7 Å². The normalized spacial score (nSPS) is 11.7. The quantitative estimate of drug-likeness (QED) is 0.796. The number of benzene rings is 1. The number of nitrogens with one attached hydrogen (secondary N) is 1. The van der Waals surface area contributed by atoms with Crippen LogP contribution in [0.5, 0.6) is 0 Å². The minimum Gasteiger partial charge on any atom is -0.340 e. The number of nitrogens with zero attached hydrogens (tertiary/aromatic N) is 3. The van der Waals surface area contributed by atoms with Gasteiger partial charge in [-0.15, -0.1) is 0 Å². The van der Waals surface area contributed by atoms with Gasteiger partial charge in [-0.05, 0) is 0 Å². The summed E-state index contributed by atoms with van der Waals surface area (Å²) in [6.07, 6.45) is 5.97. The fourth-order valence-corrected chi connectivity index (χ4v) is 2.91. The molecule has 0 spiro atoms. The van der Waals surface area contributed by atoms with Crippen LogP contribution in [0.4, 0.5) is 0 Å². The minimum absolute atomic E-state index is 0.0540. The fourth-order valence-electron chi connectivity index (χ4n) is 2.11. The average molecular weight is 302 g/mol. The molecule has 0 aliphatic carbocycles. The first-order chi connectivity index (χ1) is 10.0. The van der Waals surface area contributed by atoms with Crippen LogP contribution in [-0.2, 0) is 16.4 Å². The SMILES string of the molecule is CS(=O)(=O)c1nccn1Cc1cnc(-c2ccccc2)[nH]1. The van der Waals surface area contributed by atoms with Crippen molar-refractivity contribution in [1.82, 2.24) is 19.5 Å². The largest absolute Gasteiger partial charge is 0.340 e. The molecule has 3 aromatic rings. The Kier molecular flexibility index (Phi) is 3.34. The maximum absolute atomic E-state index is 11.6. The number of H-pyrrole nitrogens is 1. The van der Waals surface area contributed by atoms with Gasteiger partial charge in [0.15, 0.2) is 0 Å². The van der Waals surface area contributed by atoms with E-state index < -0.39 is 9.84 Å². The Morgan fingerprint density at radius 2 is 1.95 bits per heavy atom. The van der Waals surface area contributed by atoms with E-state index >= 15 is 0 Å². The van der Waals surface area contributed by atoms with E-state index in [0.717, 1.165) is 23.3 Å². The molecule has 1 N–H and O–H groups in total. The smallest absolute Gasteiger partial charge is 0.227 e. The third kappa shape index (κ3) is 2.87. The first-order valence-corrected chi connectivity index (χ1v) is 8.24. The molecule has 2 aromatic heterocycles. The van der Waals surface area contributed by atoms with Gasteiger partial charge in [-0.3, -0.25) is 0 Å². The molecule has 0 atom stereocenters. The second-order valence-corrected chi connectivity index (χ2v) is 6.64. The van der Waals surface area contributed by atoms with Gasteiger partial charge in [0.25, 0.3) is 0 Å². The molecule has 1 aromatic carbocycles. The van der Waals surface area contributed by atoms with E-state index in [1.54, 1.807) is 17.0 Å². The van der Waals surface area contributed by atoms with Crippen molar-refractivity contribution in [2.75, 3.05) is 6.26 Å². The molecule has 2 heterocycles. The van der Waals surface area contributed by atoms with Crippen molar-refractivity contribution in [3.8, 4) is 11.4 Å². The average Bonchev–Trinajstić information content (AvgIpc) is 3.09. The van der Waals surface area contributed by atoms with Crippen molar-refractivity contribution < 1.29 is 8.42 Å². The molecule has 108 valence electrons. The van der Waals surface area contributed by atoms with E-state index in [9.17, 15) is 8.42 Å². The van der Waals surface area contributed by atoms with E-state index in [-0.39, 0.29) is 5.16 Å². The highest BCUT2D eigenvalue weighted by molar-refractivity contribution is 7.90. The molecule has 0 amide bonds. The van der Waals surface area contributed by atoms with Crippen molar-refractivity contribution in [3.05, 3.63) is 54.6 Å². The van der Waals surface area contributed by atoms with E-state index in [2.05, 4.69) is 15.0 Å². The third-order valence-electron chi connectivity index (χ3n) is 3.03. The van der Waals surface area contributed by atoms with E-state index in [1.807, 2.05) is 30.3 Å². The Hall–Kier alpha value is -2.41. The number of aromatic nitrogens is 4. The second-order valence-electron chi connectivity index (χ2n) is 4.73. The predicted molar refractivity (Wildman–Crippen MR) is 78.5 cm³/mol. The highest BCUT2D eigenvalue weighted by Crippen LogP contribution is 2.16. The molecular formula is C14H14N4O2S. The molecule has 21 heavy (non-hydrogen) atoms. The molecule has 6 nitrogen and oxygen atoms in total. The van der Waals surface area contributed by atoms with Crippen LogP contribution < -0.4 is 0 Å². The Bertz CT molecular complexity index is 850. The summed E-state index contributed by atoms with van der Waals surface area (Å²) in [4.78, 5) is 11.4. The van der Waals surface area contributed by atoms with Gasteiger partial charge < -0.3 is 9.55 Å². The van der Waals surface area contributed by atoms with Gasteiger partial charge >= 0.3 is 0 Å². The number of rotatable bonds is 4. The van der Waals surface area contributed by atoms with Gasteiger partial charge in [-0.25, -0.2) is 18.4 Å². The molecule has 0 radical (unpaired) electrons. The number of sulfone groups is 1. The van der Waals surface area contributed by atoms with Crippen molar-refractivity contribution in [1.29, 1.82) is 0 Å². The van der Waals surface area contributed by atoms with Gasteiger partial charge in [0.1, 0.15) is 5.82 Å². The van der Waals surface area contributed by atoms with Gasteiger partial charge in [0.2, 0.25) is 15.0 Å². The number of imidazole rings is 2. The second kappa shape index (κ2) is 5.17. The van der Waals surface area contributed by atoms with Gasteiger partial charge in [-0.1, -0.05) is 30.3 Å². The van der Waals surface area contributed by atoms with Crippen LogP contribution in [-0.4, -0.2) is 34.2 Å². The maximum atomic E-state index is 11.6. The van der Waals surface area contributed by atoms with Crippen LogP contribution in [0.25, 0.3) is 11.4 Å². The van der Waals surface area contributed by atoms with Crippen LogP contribution in [0.15, 0.2) is 54.1 Å². The number of hydrogen-bond donors (Lipinski definition) is 1. The van der Waals surface area contributed by atoms with E-state index in [1.165, 1.54) is 6.20 Å². The van der Waals surface area contributed by atoms with Crippen molar-refractivity contribution in [2.24, 2.45) is 0 Å². The first kappa shape index (κ1) is 13.6. The number of aromatic amines is 1. The Morgan fingerprint density at radius 3 is 2.67 bits per heavy atom. The molecule has 7 heteroatoms. The molecular weight excluding hydrogens is 288 g/mol. The lowest BCUT2D eigenvalue weighted by Crippen LogP contribution is -2.09. The summed E-state index contributed by atoms with van der Waals surface area (Å²) in [6, 6.07) is 9.74. The standard InChI is InChI=1S/C14H14N4O2S/c1-21(19,20)14-15-7-8-18(14)10-12-9-16-13(17-12)11-5-3-2-4-6-11/h2-9H,10H2,1H3,(H,16,17). The molecule has 0 saturated heterocycles. The Labute approximate surface area is 122 Å². The summed E-state index contributed by atoms with van der Waals surface area (Å²) in [5.74, 6) is 0.756. The molecule has 0 aliphatic heterocycles. The molecule has 0 saturated carbocycles. The van der Waals surface area contributed by atoms with Crippen LogP contribution in [0.2, 0.25) is 0 Å². The molecule has 3 rings (SSSR count). The highest BCUT2D eigenvalue weighted by atomic mass is 32.2. The van der Waals surface area contributed by atoms with Crippen LogP contribution >= 0.6 is 0 Å². The number of hydrogen-bond acceptors (Lipinski definition) is 4. The topological polar surface area (TPSA) is 80.6 Å². The minimum atomic E-state index is -3.34. The van der Waals surface area contributed by atoms with Gasteiger partial charge in [0, 0.05) is 24.2 Å². The van der Waals surface area contributed by atoms with Crippen LogP contribution in [0, 0.1) is 0 Å². The Morgan fingerprint density at radius 1 is 1.19 bits per heavy atom. The zero-order valence-corrected chi connectivity index (χ0v) is 12.2. The predicted octanol–water partition coefficient (Wildman–Crippen LogP) is 1.72. The lowest BCUT2D eigenvalue weighted by Gasteiger charge is -2.04. The van der Waals surface area contributed by atoms with Gasteiger partial charge in [-0.2, -0.15) is 0 Å². The van der Waals surface area contributed by atoms with Crippen molar-refractivity contribution >= 4 is 9.84 Å². The lowest BCUT2D eigenvalue weighted by atomic mass is 10.2. The summed E-state index contributed by atoms with van der Waals surface area (Å²) in [5, 5.41) is 0.0540. The molecule has 0 fully saturated rings.